The van der Waals surface area contributed by atoms with Gasteiger partial charge in [-0.2, -0.15) is 0 Å². The van der Waals surface area contributed by atoms with Crippen molar-refractivity contribution in [2.24, 2.45) is 5.92 Å². The number of likely N-dealkylation sites (tertiary alicyclic amines) is 1. The molecule has 0 unspecified atom stereocenters. The summed E-state index contributed by atoms with van der Waals surface area (Å²) in [4.78, 5) is 31.2. The Morgan fingerprint density at radius 3 is 2.70 bits per heavy atom. The Bertz CT molecular complexity index is 663. The van der Waals surface area contributed by atoms with E-state index in [1.165, 1.54) is 12.0 Å². The molecule has 4 saturated heterocycles. The van der Waals surface area contributed by atoms with E-state index in [-0.39, 0.29) is 11.8 Å². The maximum absolute atomic E-state index is 12.9. The number of amides is 2. The summed E-state index contributed by atoms with van der Waals surface area (Å²) in [7, 11) is 0. The van der Waals surface area contributed by atoms with Gasteiger partial charge in [0.05, 0.1) is 0 Å². The van der Waals surface area contributed by atoms with Gasteiger partial charge in [-0.15, -0.1) is 0 Å². The zero-order valence-electron chi connectivity index (χ0n) is 16.2. The van der Waals surface area contributed by atoms with E-state index < -0.39 is 0 Å². The summed E-state index contributed by atoms with van der Waals surface area (Å²) in [5.74, 6) is 1.14. The maximum atomic E-state index is 12.9. The van der Waals surface area contributed by atoms with Crippen molar-refractivity contribution in [3.05, 3.63) is 35.9 Å². The van der Waals surface area contributed by atoms with E-state index >= 15 is 0 Å². The van der Waals surface area contributed by atoms with Gasteiger partial charge in [-0.1, -0.05) is 30.3 Å². The fourth-order valence-electron chi connectivity index (χ4n) is 4.96. The number of nitrogens with zero attached hydrogens (tertiary/aromatic N) is 3. The number of fused-ring (bicyclic) bond motifs is 4. The SMILES string of the molecule is O=C1CCCN1CCCC(=O)N1C[C@H]2CC[C@@H]1CN(Cc1ccccc1)C2. The molecule has 27 heavy (non-hydrogen) atoms. The highest BCUT2D eigenvalue weighted by atomic mass is 16.2. The molecular weight excluding hydrogens is 338 g/mol. The molecule has 5 nitrogen and oxygen atoms in total. The third-order valence-electron chi connectivity index (χ3n) is 6.35. The van der Waals surface area contributed by atoms with Crippen molar-refractivity contribution in [3.8, 4) is 0 Å². The minimum Gasteiger partial charge on any atom is -0.343 e. The van der Waals surface area contributed by atoms with Gasteiger partial charge < -0.3 is 9.80 Å². The first-order chi connectivity index (χ1) is 13.2. The van der Waals surface area contributed by atoms with E-state index in [0.29, 0.717) is 24.8 Å². The lowest BCUT2D eigenvalue weighted by Gasteiger charge is -2.36. The zero-order chi connectivity index (χ0) is 18.6. The Labute approximate surface area is 162 Å². The average Bonchev–Trinajstić information content (AvgIpc) is 2.89. The summed E-state index contributed by atoms with van der Waals surface area (Å²) < 4.78 is 0. The normalized spacial score (nSPS) is 25.9. The fourth-order valence-corrected chi connectivity index (χ4v) is 4.96. The molecule has 5 heteroatoms. The highest BCUT2D eigenvalue weighted by Gasteiger charge is 2.36. The van der Waals surface area contributed by atoms with E-state index in [2.05, 4.69) is 40.1 Å². The molecule has 0 saturated carbocycles. The van der Waals surface area contributed by atoms with Crippen molar-refractivity contribution in [1.29, 1.82) is 0 Å². The number of carbonyl (C=O) groups excluding carboxylic acids is 2. The van der Waals surface area contributed by atoms with Crippen molar-refractivity contribution >= 4 is 11.8 Å². The molecule has 1 aromatic rings. The monoisotopic (exact) mass is 369 g/mol. The Balaban J connectivity index is 1.30. The molecule has 1 aromatic carbocycles. The van der Waals surface area contributed by atoms with Gasteiger partial charge in [-0.25, -0.2) is 0 Å². The second kappa shape index (κ2) is 8.42. The summed E-state index contributed by atoms with van der Waals surface area (Å²) in [6, 6.07) is 11.0. The van der Waals surface area contributed by atoms with Crippen LogP contribution in [0.4, 0.5) is 0 Å². The van der Waals surface area contributed by atoms with E-state index in [4.69, 9.17) is 0 Å². The third-order valence-corrected chi connectivity index (χ3v) is 6.35. The lowest BCUT2D eigenvalue weighted by molar-refractivity contribution is -0.136. The molecule has 5 rings (SSSR count). The van der Waals surface area contributed by atoms with Gasteiger partial charge in [-0.05, 0) is 37.2 Å². The molecule has 4 aliphatic rings. The van der Waals surface area contributed by atoms with Crippen LogP contribution in [0.5, 0.6) is 0 Å². The van der Waals surface area contributed by atoms with E-state index in [1.807, 2.05) is 4.90 Å². The van der Waals surface area contributed by atoms with Crippen molar-refractivity contribution in [3.63, 3.8) is 0 Å². The molecule has 2 bridgehead atoms. The number of hydrogen-bond donors (Lipinski definition) is 0. The van der Waals surface area contributed by atoms with Crippen molar-refractivity contribution in [1.82, 2.24) is 14.7 Å². The van der Waals surface area contributed by atoms with Crippen molar-refractivity contribution < 1.29 is 9.59 Å². The van der Waals surface area contributed by atoms with Gasteiger partial charge >= 0.3 is 0 Å². The average molecular weight is 370 g/mol. The highest BCUT2D eigenvalue weighted by Crippen LogP contribution is 2.29. The van der Waals surface area contributed by atoms with Gasteiger partial charge in [-0.3, -0.25) is 14.5 Å². The molecule has 0 radical (unpaired) electrons. The predicted molar refractivity (Wildman–Crippen MR) is 105 cm³/mol. The van der Waals surface area contributed by atoms with Crippen LogP contribution in [-0.4, -0.2) is 65.3 Å². The van der Waals surface area contributed by atoms with Crippen LogP contribution in [0.2, 0.25) is 0 Å². The molecule has 2 atom stereocenters. The van der Waals surface area contributed by atoms with Crippen LogP contribution >= 0.6 is 0 Å². The Hall–Kier alpha value is -1.88. The maximum Gasteiger partial charge on any atom is 0.222 e. The molecule has 4 aliphatic heterocycles. The number of benzene rings is 1. The van der Waals surface area contributed by atoms with Gasteiger partial charge in [0.25, 0.3) is 0 Å². The van der Waals surface area contributed by atoms with Gasteiger partial charge in [0.15, 0.2) is 0 Å². The summed E-state index contributed by atoms with van der Waals surface area (Å²) in [6.07, 6.45) is 5.40. The van der Waals surface area contributed by atoms with Gasteiger partial charge in [0.1, 0.15) is 0 Å². The fraction of sp³-hybridized carbons (Fsp3) is 0.636. The topological polar surface area (TPSA) is 43.9 Å². The Morgan fingerprint density at radius 1 is 1.07 bits per heavy atom. The summed E-state index contributed by atoms with van der Waals surface area (Å²) in [5, 5.41) is 0. The van der Waals surface area contributed by atoms with Gasteiger partial charge in [0.2, 0.25) is 11.8 Å². The molecule has 0 aliphatic carbocycles. The van der Waals surface area contributed by atoms with E-state index in [0.717, 1.165) is 58.5 Å². The van der Waals surface area contributed by atoms with Crippen LogP contribution in [0.25, 0.3) is 0 Å². The molecule has 0 spiro atoms. The lowest BCUT2D eigenvalue weighted by Crippen LogP contribution is -2.47. The summed E-state index contributed by atoms with van der Waals surface area (Å²) >= 11 is 0. The largest absolute Gasteiger partial charge is 0.343 e. The molecule has 146 valence electrons. The Morgan fingerprint density at radius 2 is 1.93 bits per heavy atom. The minimum atomic E-state index is 0.257. The first kappa shape index (κ1) is 18.5. The van der Waals surface area contributed by atoms with Crippen LogP contribution in [-0.2, 0) is 16.1 Å². The number of piperidine rings is 1. The number of hydrogen-bond acceptors (Lipinski definition) is 3. The predicted octanol–water partition coefficient (Wildman–Crippen LogP) is 2.51. The molecule has 4 heterocycles. The third kappa shape index (κ3) is 4.52. The number of carbonyl (C=O) groups is 2. The van der Waals surface area contributed by atoms with Crippen LogP contribution in [0.1, 0.15) is 44.1 Å². The molecule has 4 fully saturated rings. The Kier molecular flexibility index (Phi) is 5.77. The van der Waals surface area contributed by atoms with Crippen LogP contribution in [0.3, 0.4) is 0 Å². The van der Waals surface area contributed by atoms with Crippen molar-refractivity contribution in [2.45, 2.75) is 51.1 Å². The van der Waals surface area contributed by atoms with E-state index in [1.54, 1.807) is 0 Å². The second-order valence-electron chi connectivity index (χ2n) is 8.41. The van der Waals surface area contributed by atoms with Crippen LogP contribution < -0.4 is 0 Å². The minimum absolute atomic E-state index is 0.257. The summed E-state index contributed by atoms with van der Waals surface area (Å²) in [5.41, 5.74) is 1.35. The second-order valence-corrected chi connectivity index (χ2v) is 8.41. The molecule has 0 N–H and O–H groups in total. The molecule has 0 aromatic heterocycles. The lowest BCUT2D eigenvalue weighted by atomic mass is 9.94. The molecular formula is C22H31N3O2. The first-order valence-electron chi connectivity index (χ1n) is 10.5. The highest BCUT2D eigenvalue weighted by molar-refractivity contribution is 5.78. The quantitative estimate of drug-likeness (QED) is 0.774. The zero-order valence-corrected chi connectivity index (χ0v) is 16.2. The smallest absolute Gasteiger partial charge is 0.222 e. The summed E-state index contributed by atoms with van der Waals surface area (Å²) in [6.45, 7) is 5.59. The number of rotatable bonds is 6. The van der Waals surface area contributed by atoms with Gasteiger partial charge in [0, 0.05) is 58.2 Å². The standard InChI is InChI=1S/C22H31N3O2/c26-21-8-4-12-24(21)13-5-9-22(27)25-16-19-10-11-20(25)17-23(15-19)14-18-6-2-1-3-7-18/h1-3,6-7,19-20H,4-5,8-17H2/t19-,20+/m0/s1. The van der Waals surface area contributed by atoms with E-state index in [9.17, 15) is 9.59 Å². The first-order valence-corrected chi connectivity index (χ1v) is 10.5. The molecule has 2 amide bonds. The van der Waals surface area contributed by atoms with Crippen molar-refractivity contribution in [2.75, 3.05) is 32.7 Å². The van der Waals surface area contributed by atoms with Crippen LogP contribution in [0.15, 0.2) is 30.3 Å². The van der Waals surface area contributed by atoms with Crippen LogP contribution in [0, 0.1) is 5.92 Å².